The predicted octanol–water partition coefficient (Wildman–Crippen LogP) is 3.11. The first-order chi connectivity index (χ1) is 12.3. The van der Waals surface area contributed by atoms with Crippen LogP contribution in [0, 0.1) is 11.3 Å². The Labute approximate surface area is 153 Å². The van der Waals surface area contributed by atoms with Gasteiger partial charge in [-0.05, 0) is 24.1 Å². The van der Waals surface area contributed by atoms with E-state index in [2.05, 4.69) is 28.9 Å². The molecule has 3 atom stereocenters. The second kappa shape index (κ2) is 7.39. The van der Waals surface area contributed by atoms with Crippen molar-refractivity contribution in [3.05, 3.63) is 29.8 Å². The van der Waals surface area contributed by atoms with E-state index in [-0.39, 0.29) is 11.2 Å². The molecule has 1 saturated heterocycles. The predicted molar refractivity (Wildman–Crippen MR) is 96.5 cm³/mol. The number of hydrogen-bond donors (Lipinski definition) is 1. The van der Waals surface area contributed by atoms with Crippen LogP contribution < -0.4 is 10.1 Å². The molecule has 1 aromatic rings. The molecule has 144 valence electrons. The van der Waals surface area contributed by atoms with Crippen LogP contribution in [0.3, 0.4) is 0 Å². The highest BCUT2D eigenvalue weighted by Gasteiger charge is 2.59. The Morgan fingerprint density at radius 1 is 1.38 bits per heavy atom. The maximum absolute atomic E-state index is 12.2. The molecule has 3 unspecified atom stereocenters. The summed E-state index contributed by atoms with van der Waals surface area (Å²) in [6.07, 6.45) is 1.41. The Morgan fingerprint density at radius 3 is 2.69 bits per heavy atom. The van der Waals surface area contributed by atoms with Gasteiger partial charge in [0.25, 0.3) is 0 Å². The highest BCUT2D eigenvalue weighted by molar-refractivity contribution is 5.80. The van der Waals surface area contributed by atoms with Crippen molar-refractivity contribution in [3.8, 4) is 5.75 Å². The molecule has 3 rings (SSSR count). The zero-order valence-electron chi connectivity index (χ0n) is 15.7. The summed E-state index contributed by atoms with van der Waals surface area (Å²) in [4.78, 5) is 6.44. The van der Waals surface area contributed by atoms with E-state index >= 15 is 0 Å². The summed E-state index contributed by atoms with van der Waals surface area (Å²) in [5.74, 6) is 1.51. The topological polar surface area (TPSA) is 46.1 Å². The zero-order valence-corrected chi connectivity index (χ0v) is 15.7. The van der Waals surface area contributed by atoms with Crippen molar-refractivity contribution >= 4 is 5.96 Å². The van der Waals surface area contributed by atoms with Crippen molar-refractivity contribution in [1.29, 1.82) is 0 Å². The lowest BCUT2D eigenvalue weighted by atomic mass is 9.57. The largest absolute Gasteiger partial charge is 0.435 e. The van der Waals surface area contributed by atoms with E-state index in [1.807, 2.05) is 11.9 Å². The Bertz CT molecular complexity index is 649. The van der Waals surface area contributed by atoms with Gasteiger partial charge in [-0.25, -0.2) is 0 Å². The molecule has 26 heavy (non-hydrogen) atoms. The molecule has 2 aliphatic rings. The molecule has 0 bridgehead atoms. The van der Waals surface area contributed by atoms with Gasteiger partial charge in [0.15, 0.2) is 5.96 Å². The third kappa shape index (κ3) is 3.63. The van der Waals surface area contributed by atoms with Gasteiger partial charge in [0.05, 0.1) is 6.10 Å². The number of halogens is 2. The number of fused-ring (bicyclic) bond motifs is 1. The Kier molecular flexibility index (Phi) is 5.37. The van der Waals surface area contributed by atoms with E-state index in [1.165, 1.54) is 0 Å². The van der Waals surface area contributed by atoms with E-state index in [0.29, 0.717) is 24.6 Å². The van der Waals surface area contributed by atoms with Crippen LogP contribution in [-0.4, -0.2) is 50.3 Å². The molecule has 0 radical (unpaired) electrons. The van der Waals surface area contributed by atoms with Gasteiger partial charge in [0, 0.05) is 44.6 Å². The Hall–Kier alpha value is -1.89. The molecule has 2 fully saturated rings. The van der Waals surface area contributed by atoms with Gasteiger partial charge in [-0.1, -0.05) is 26.0 Å². The molecular weight excluding hydrogens is 340 g/mol. The van der Waals surface area contributed by atoms with E-state index in [0.717, 1.165) is 24.6 Å². The summed E-state index contributed by atoms with van der Waals surface area (Å²) >= 11 is 0. The molecule has 1 saturated carbocycles. The van der Waals surface area contributed by atoms with Gasteiger partial charge in [-0.2, -0.15) is 8.78 Å². The molecule has 1 aliphatic heterocycles. The SMILES string of the molecule is CN=C(NC1C2CCOC2C1(C)C)N(C)Cc1ccc(OC(F)F)cc1. The fourth-order valence-electron chi connectivity index (χ4n) is 4.23. The van der Waals surface area contributed by atoms with Gasteiger partial charge < -0.3 is 19.7 Å². The van der Waals surface area contributed by atoms with Gasteiger partial charge in [0.1, 0.15) is 5.75 Å². The fraction of sp³-hybridized carbons (Fsp3) is 0.632. The third-order valence-electron chi connectivity index (χ3n) is 5.53. The number of aliphatic imine (C=N–C) groups is 1. The molecule has 5 nitrogen and oxygen atoms in total. The van der Waals surface area contributed by atoms with Gasteiger partial charge in [-0.3, -0.25) is 4.99 Å². The minimum Gasteiger partial charge on any atom is -0.435 e. The van der Waals surface area contributed by atoms with Crippen LogP contribution in [-0.2, 0) is 11.3 Å². The molecule has 1 aromatic carbocycles. The zero-order chi connectivity index (χ0) is 18.9. The van der Waals surface area contributed by atoms with Crippen LogP contribution >= 0.6 is 0 Å². The molecule has 0 spiro atoms. The van der Waals surface area contributed by atoms with Crippen LogP contribution in [0.4, 0.5) is 8.78 Å². The van der Waals surface area contributed by atoms with Crippen LogP contribution in [0.5, 0.6) is 5.75 Å². The van der Waals surface area contributed by atoms with Crippen molar-refractivity contribution in [2.75, 3.05) is 20.7 Å². The van der Waals surface area contributed by atoms with Gasteiger partial charge in [0.2, 0.25) is 0 Å². The summed E-state index contributed by atoms with van der Waals surface area (Å²) < 4.78 is 34.7. The van der Waals surface area contributed by atoms with Crippen molar-refractivity contribution < 1.29 is 18.3 Å². The molecule has 1 aliphatic carbocycles. The lowest BCUT2D eigenvalue weighted by molar-refractivity contribution is -0.107. The van der Waals surface area contributed by atoms with Crippen LogP contribution in [0.25, 0.3) is 0 Å². The highest BCUT2D eigenvalue weighted by Crippen LogP contribution is 2.52. The first-order valence-corrected chi connectivity index (χ1v) is 8.92. The normalized spacial score (nSPS) is 27.0. The average Bonchev–Trinajstić information content (AvgIpc) is 3.04. The molecule has 0 aromatic heterocycles. The lowest BCUT2D eigenvalue weighted by Crippen LogP contribution is -2.67. The Balaban J connectivity index is 1.60. The maximum atomic E-state index is 12.2. The Morgan fingerprint density at radius 2 is 2.08 bits per heavy atom. The minimum atomic E-state index is -2.80. The average molecular weight is 367 g/mol. The maximum Gasteiger partial charge on any atom is 0.387 e. The monoisotopic (exact) mass is 367 g/mol. The number of ether oxygens (including phenoxy) is 2. The number of alkyl halides is 2. The summed E-state index contributed by atoms with van der Waals surface area (Å²) in [5, 5.41) is 3.59. The van der Waals surface area contributed by atoms with Crippen molar-refractivity contribution in [3.63, 3.8) is 0 Å². The third-order valence-corrected chi connectivity index (χ3v) is 5.53. The standard InChI is InChI=1S/C19H27F2N3O2/c1-19(2)15(14-9-10-25-16(14)19)23-18(22-3)24(4)11-12-5-7-13(8-6-12)26-17(20)21/h5-8,14-17H,9-11H2,1-4H3,(H,22,23). The van der Waals surface area contributed by atoms with Crippen LogP contribution in [0.1, 0.15) is 25.8 Å². The molecule has 0 amide bonds. The minimum absolute atomic E-state index is 0.0756. The van der Waals surface area contributed by atoms with Crippen LogP contribution in [0.15, 0.2) is 29.3 Å². The number of nitrogens with one attached hydrogen (secondary N) is 1. The first kappa shape index (κ1) is 18.9. The van der Waals surface area contributed by atoms with Crippen LogP contribution in [0.2, 0.25) is 0 Å². The van der Waals surface area contributed by atoms with E-state index in [4.69, 9.17) is 4.74 Å². The molecule has 7 heteroatoms. The first-order valence-electron chi connectivity index (χ1n) is 8.92. The quantitative estimate of drug-likeness (QED) is 0.642. The molecule has 1 heterocycles. The van der Waals surface area contributed by atoms with E-state index in [9.17, 15) is 8.78 Å². The molecule has 1 N–H and O–H groups in total. The van der Waals surface area contributed by atoms with Crippen molar-refractivity contribution in [2.45, 2.75) is 45.6 Å². The number of benzene rings is 1. The smallest absolute Gasteiger partial charge is 0.387 e. The fourth-order valence-corrected chi connectivity index (χ4v) is 4.23. The van der Waals surface area contributed by atoms with Gasteiger partial charge in [-0.15, -0.1) is 0 Å². The van der Waals surface area contributed by atoms with Crippen molar-refractivity contribution in [1.82, 2.24) is 10.2 Å². The van der Waals surface area contributed by atoms with Gasteiger partial charge >= 0.3 is 6.61 Å². The van der Waals surface area contributed by atoms with Crippen molar-refractivity contribution in [2.24, 2.45) is 16.3 Å². The summed E-state index contributed by atoms with van der Waals surface area (Å²) in [6.45, 7) is 3.10. The lowest BCUT2D eigenvalue weighted by Gasteiger charge is -2.55. The number of guanidine groups is 1. The summed E-state index contributed by atoms with van der Waals surface area (Å²) in [6, 6.07) is 7.02. The summed E-state index contributed by atoms with van der Waals surface area (Å²) in [7, 11) is 3.74. The number of nitrogens with zero attached hydrogens (tertiary/aromatic N) is 2. The highest BCUT2D eigenvalue weighted by atomic mass is 19.3. The number of rotatable bonds is 5. The second-order valence-corrected chi connectivity index (χ2v) is 7.61. The number of hydrogen-bond acceptors (Lipinski definition) is 3. The second-order valence-electron chi connectivity index (χ2n) is 7.61. The molecular formula is C19H27F2N3O2. The van der Waals surface area contributed by atoms with E-state index < -0.39 is 6.61 Å². The van der Waals surface area contributed by atoms with E-state index in [1.54, 1.807) is 31.3 Å². The summed E-state index contributed by atoms with van der Waals surface area (Å²) in [5.41, 5.74) is 1.07.